The zero-order valence-corrected chi connectivity index (χ0v) is 9.85. The fourth-order valence-electron chi connectivity index (χ4n) is 1.30. The van der Waals surface area contributed by atoms with Crippen LogP contribution < -0.4 is 10.6 Å². The Bertz CT molecular complexity index is 169. The molecule has 0 aliphatic heterocycles. The van der Waals surface area contributed by atoms with E-state index >= 15 is 0 Å². The van der Waals surface area contributed by atoms with Crippen molar-refractivity contribution in [3.8, 4) is 0 Å². The van der Waals surface area contributed by atoms with Crippen molar-refractivity contribution < 1.29 is 4.79 Å². The fraction of sp³-hybridized carbons (Fsp3) is 0.750. The second kappa shape index (κ2) is 11.2. The largest absolute Gasteiger partial charge is 0.353 e. The Labute approximate surface area is 93.3 Å². The minimum atomic E-state index is -0.0852. The molecule has 2 N–H and O–H groups in total. The molecule has 15 heavy (non-hydrogen) atoms. The molecule has 0 saturated carbocycles. The molecule has 0 saturated heterocycles. The molecule has 0 unspecified atom stereocenters. The second-order valence-corrected chi connectivity index (χ2v) is 3.66. The van der Waals surface area contributed by atoms with Gasteiger partial charge in [0.15, 0.2) is 0 Å². The van der Waals surface area contributed by atoms with Crippen molar-refractivity contribution in [3.63, 3.8) is 0 Å². The minimum absolute atomic E-state index is 0.0852. The van der Waals surface area contributed by atoms with E-state index in [1.807, 2.05) is 0 Å². The standard InChI is InChI=1S/C12H24N2O/c1-3-5-6-7-9-13-10-8-11-14-12(15)4-2/h4,13H,2-3,5-11H2,1H3,(H,14,15). The van der Waals surface area contributed by atoms with Crippen LogP contribution in [0.2, 0.25) is 0 Å². The molecule has 0 aliphatic rings. The van der Waals surface area contributed by atoms with Crippen molar-refractivity contribution in [3.05, 3.63) is 12.7 Å². The van der Waals surface area contributed by atoms with Gasteiger partial charge < -0.3 is 10.6 Å². The molecular formula is C12H24N2O. The minimum Gasteiger partial charge on any atom is -0.353 e. The Morgan fingerprint density at radius 3 is 2.53 bits per heavy atom. The lowest BCUT2D eigenvalue weighted by Crippen LogP contribution is -2.26. The molecule has 0 aromatic rings. The van der Waals surface area contributed by atoms with Crippen LogP contribution in [0.25, 0.3) is 0 Å². The molecule has 0 atom stereocenters. The second-order valence-electron chi connectivity index (χ2n) is 3.66. The van der Waals surface area contributed by atoms with E-state index in [1.165, 1.54) is 31.8 Å². The maximum absolute atomic E-state index is 10.8. The monoisotopic (exact) mass is 212 g/mol. The maximum atomic E-state index is 10.8. The van der Waals surface area contributed by atoms with Gasteiger partial charge in [-0.05, 0) is 32.0 Å². The van der Waals surface area contributed by atoms with E-state index in [-0.39, 0.29) is 5.91 Å². The molecule has 3 heteroatoms. The number of hydrogen-bond acceptors (Lipinski definition) is 2. The average Bonchev–Trinajstić information content (AvgIpc) is 2.26. The molecule has 88 valence electrons. The van der Waals surface area contributed by atoms with Gasteiger partial charge in [-0.25, -0.2) is 0 Å². The molecule has 1 amide bonds. The smallest absolute Gasteiger partial charge is 0.243 e. The summed E-state index contributed by atoms with van der Waals surface area (Å²) in [5.41, 5.74) is 0. The van der Waals surface area contributed by atoms with Gasteiger partial charge in [0, 0.05) is 6.54 Å². The Kier molecular flexibility index (Phi) is 10.6. The van der Waals surface area contributed by atoms with Gasteiger partial charge in [0.1, 0.15) is 0 Å². The van der Waals surface area contributed by atoms with Crippen LogP contribution in [0.1, 0.15) is 39.0 Å². The summed E-state index contributed by atoms with van der Waals surface area (Å²) < 4.78 is 0. The van der Waals surface area contributed by atoms with Crippen LogP contribution in [0.15, 0.2) is 12.7 Å². The lowest BCUT2D eigenvalue weighted by Gasteiger charge is -2.04. The van der Waals surface area contributed by atoms with Gasteiger partial charge in [-0.3, -0.25) is 4.79 Å². The number of nitrogens with one attached hydrogen (secondary N) is 2. The van der Waals surface area contributed by atoms with Crippen LogP contribution in [0.3, 0.4) is 0 Å². The highest BCUT2D eigenvalue weighted by atomic mass is 16.1. The summed E-state index contributed by atoms with van der Waals surface area (Å²) >= 11 is 0. The van der Waals surface area contributed by atoms with Gasteiger partial charge in [-0.15, -0.1) is 0 Å². The van der Waals surface area contributed by atoms with Crippen molar-refractivity contribution in [2.45, 2.75) is 39.0 Å². The molecular weight excluding hydrogens is 188 g/mol. The number of carbonyl (C=O) groups excluding carboxylic acids is 1. The summed E-state index contributed by atoms with van der Waals surface area (Å²) in [5.74, 6) is -0.0852. The van der Waals surface area contributed by atoms with E-state index < -0.39 is 0 Å². The Balaban J connectivity index is 2.98. The maximum Gasteiger partial charge on any atom is 0.243 e. The first kappa shape index (κ1) is 14.2. The van der Waals surface area contributed by atoms with Gasteiger partial charge in [0.05, 0.1) is 0 Å². The van der Waals surface area contributed by atoms with Gasteiger partial charge >= 0.3 is 0 Å². The van der Waals surface area contributed by atoms with E-state index in [0.717, 1.165) is 26.1 Å². The number of rotatable bonds is 10. The van der Waals surface area contributed by atoms with Gasteiger partial charge in [-0.1, -0.05) is 32.8 Å². The van der Waals surface area contributed by atoms with Gasteiger partial charge in [0.25, 0.3) is 0 Å². The third-order valence-electron chi connectivity index (χ3n) is 2.22. The molecule has 0 aliphatic carbocycles. The lowest BCUT2D eigenvalue weighted by atomic mass is 10.2. The molecule has 0 heterocycles. The van der Waals surface area contributed by atoms with E-state index in [2.05, 4.69) is 24.1 Å². The summed E-state index contributed by atoms with van der Waals surface area (Å²) in [6, 6.07) is 0. The SMILES string of the molecule is C=CC(=O)NCCCNCCCCCC. The topological polar surface area (TPSA) is 41.1 Å². The number of carbonyl (C=O) groups is 1. The first-order chi connectivity index (χ1) is 7.31. The number of hydrogen-bond donors (Lipinski definition) is 2. The zero-order chi connectivity index (χ0) is 11.4. The Morgan fingerprint density at radius 1 is 1.13 bits per heavy atom. The molecule has 3 nitrogen and oxygen atoms in total. The summed E-state index contributed by atoms with van der Waals surface area (Å²) in [6.07, 6.45) is 7.47. The Morgan fingerprint density at radius 2 is 1.87 bits per heavy atom. The first-order valence-corrected chi connectivity index (χ1v) is 5.92. The van der Waals surface area contributed by atoms with Crippen LogP contribution in [0.4, 0.5) is 0 Å². The first-order valence-electron chi connectivity index (χ1n) is 5.92. The van der Waals surface area contributed by atoms with Crippen molar-refractivity contribution in [2.24, 2.45) is 0 Å². The number of amides is 1. The van der Waals surface area contributed by atoms with E-state index in [9.17, 15) is 4.79 Å². The lowest BCUT2D eigenvalue weighted by molar-refractivity contribution is -0.116. The van der Waals surface area contributed by atoms with Crippen LogP contribution in [-0.4, -0.2) is 25.5 Å². The van der Waals surface area contributed by atoms with Crippen LogP contribution in [0.5, 0.6) is 0 Å². The highest BCUT2D eigenvalue weighted by Crippen LogP contribution is 1.96. The van der Waals surface area contributed by atoms with Crippen molar-refractivity contribution >= 4 is 5.91 Å². The van der Waals surface area contributed by atoms with Gasteiger partial charge in [-0.2, -0.15) is 0 Å². The van der Waals surface area contributed by atoms with E-state index in [1.54, 1.807) is 0 Å². The summed E-state index contributed by atoms with van der Waals surface area (Å²) in [4.78, 5) is 10.8. The third-order valence-corrected chi connectivity index (χ3v) is 2.22. The van der Waals surface area contributed by atoms with E-state index in [4.69, 9.17) is 0 Å². The van der Waals surface area contributed by atoms with Crippen LogP contribution in [0, 0.1) is 0 Å². The molecule has 0 bridgehead atoms. The Hall–Kier alpha value is -0.830. The van der Waals surface area contributed by atoms with Crippen molar-refractivity contribution in [1.82, 2.24) is 10.6 Å². The molecule has 0 fully saturated rings. The predicted molar refractivity (Wildman–Crippen MR) is 64.8 cm³/mol. The summed E-state index contributed by atoms with van der Waals surface area (Å²) in [6.45, 7) is 8.41. The fourth-order valence-corrected chi connectivity index (χ4v) is 1.30. The predicted octanol–water partition coefficient (Wildman–Crippen LogP) is 1.85. The zero-order valence-electron chi connectivity index (χ0n) is 9.85. The third kappa shape index (κ3) is 11.1. The molecule has 0 rings (SSSR count). The van der Waals surface area contributed by atoms with Crippen LogP contribution in [-0.2, 0) is 4.79 Å². The summed E-state index contributed by atoms with van der Waals surface area (Å²) in [7, 11) is 0. The normalized spacial score (nSPS) is 9.93. The molecule has 0 spiro atoms. The van der Waals surface area contributed by atoms with Crippen molar-refractivity contribution in [1.29, 1.82) is 0 Å². The van der Waals surface area contributed by atoms with Gasteiger partial charge in [0.2, 0.25) is 5.91 Å². The highest BCUT2D eigenvalue weighted by Gasteiger charge is 1.92. The quantitative estimate of drug-likeness (QED) is 0.428. The van der Waals surface area contributed by atoms with Crippen LogP contribution >= 0.6 is 0 Å². The molecule has 0 aromatic heterocycles. The average molecular weight is 212 g/mol. The summed E-state index contributed by atoms with van der Waals surface area (Å²) in [5, 5.41) is 6.11. The molecule has 0 radical (unpaired) electrons. The molecule has 0 aromatic carbocycles. The highest BCUT2D eigenvalue weighted by molar-refractivity contribution is 5.86. The van der Waals surface area contributed by atoms with Crippen molar-refractivity contribution in [2.75, 3.05) is 19.6 Å². The number of unbranched alkanes of at least 4 members (excludes halogenated alkanes) is 3. The van der Waals surface area contributed by atoms with E-state index in [0.29, 0.717) is 0 Å².